The third-order valence-electron chi connectivity index (χ3n) is 5.18. The van der Waals surface area contributed by atoms with E-state index in [1.54, 1.807) is 32.0 Å². The first kappa shape index (κ1) is 21.1. The van der Waals surface area contributed by atoms with E-state index in [0.717, 1.165) is 28.1 Å². The van der Waals surface area contributed by atoms with Crippen molar-refractivity contribution in [3.8, 4) is 10.4 Å². The highest BCUT2D eigenvalue weighted by Crippen LogP contribution is 2.33. The van der Waals surface area contributed by atoms with Crippen LogP contribution in [0.15, 0.2) is 53.7 Å². The van der Waals surface area contributed by atoms with Crippen LogP contribution in [0.25, 0.3) is 10.4 Å². The maximum atomic E-state index is 13.9. The van der Waals surface area contributed by atoms with Crippen LogP contribution in [-0.4, -0.2) is 22.9 Å². The molecule has 2 aromatic carbocycles. The van der Waals surface area contributed by atoms with Gasteiger partial charge in [-0.3, -0.25) is 9.59 Å². The predicted octanol–water partition coefficient (Wildman–Crippen LogP) is 5.51. The number of benzene rings is 2. The summed E-state index contributed by atoms with van der Waals surface area (Å²) < 4.78 is 27.8. The molecular formula is C24H19F2NO3S. The molecule has 0 fully saturated rings. The van der Waals surface area contributed by atoms with Gasteiger partial charge in [0.05, 0.1) is 4.88 Å². The molecule has 1 aromatic heterocycles. The summed E-state index contributed by atoms with van der Waals surface area (Å²) >= 11 is 1.24. The summed E-state index contributed by atoms with van der Waals surface area (Å²) in [6.07, 6.45) is -0.352. The van der Waals surface area contributed by atoms with Crippen LogP contribution in [-0.2, 0) is 16.1 Å². The van der Waals surface area contributed by atoms with Crippen LogP contribution in [0.3, 0.4) is 0 Å². The molecule has 4 nitrogen and oxygen atoms in total. The van der Waals surface area contributed by atoms with Crippen LogP contribution in [0.5, 0.6) is 0 Å². The van der Waals surface area contributed by atoms with Crippen LogP contribution in [0, 0.1) is 18.6 Å². The fourth-order valence-electron chi connectivity index (χ4n) is 3.33. The zero-order valence-corrected chi connectivity index (χ0v) is 18.0. The largest absolute Gasteiger partial charge is 0.381 e. The third-order valence-corrected chi connectivity index (χ3v) is 6.34. The molecule has 0 aliphatic carbocycles. The number of hydrogen-bond donors (Lipinski definition) is 0. The molecule has 0 bridgehead atoms. The molecule has 3 aromatic rings. The number of carbonyl (C=O) groups is 2. The highest BCUT2D eigenvalue weighted by Gasteiger charge is 2.40. The molecule has 0 saturated carbocycles. The molecular weight excluding hydrogens is 420 g/mol. The number of oxime groups is 1. The Balaban J connectivity index is 1.62. The average Bonchev–Trinajstić information content (AvgIpc) is 3.31. The Bertz CT molecular complexity index is 1220. The van der Waals surface area contributed by atoms with E-state index in [-0.39, 0.29) is 29.3 Å². The quantitative estimate of drug-likeness (QED) is 0.493. The Morgan fingerprint density at radius 1 is 1.10 bits per heavy atom. The summed E-state index contributed by atoms with van der Waals surface area (Å²) in [6, 6.07) is 12.5. The maximum absolute atomic E-state index is 13.9. The summed E-state index contributed by atoms with van der Waals surface area (Å²) in [5, 5.41) is 3.95. The van der Waals surface area contributed by atoms with Crippen LogP contribution < -0.4 is 0 Å². The second-order valence-corrected chi connectivity index (χ2v) is 8.95. The van der Waals surface area contributed by atoms with Crippen molar-refractivity contribution in [2.45, 2.75) is 32.8 Å². The minimum Gasteiger partial charge on any atom is -0.381 e. The monoisotopic (exact) mass is 439 g/mol. The van der Waals surface area contributed by atoms with E-state index in [1.165, 1.54) is 17.4 Å². The molecule has 158 valence electrons. The number of nitrogens with zero attached hydrogens (tertiary/aromatic N) is 1. The first-order valence-electron chi connectivity index (χ1n) is 9.65. The van der Waals surface area contributed by atoms with Crippen molar-refractivity contribution < 1.29 is 23.2 Å². The highest BCUT2D eigenvalue weighted by molar-refractivity contribution is 7.17. The van der Waals surface area contributed by atoms with Crippen molar-refractivity contribution in [1.29, 1.82) is 0 Å². The Morgan fingerprint density at radius 3 is 2.45 bits per heavy atom. The molecule has 0 spiro atoms. The average molecular weight is 439 g/mol. The summed E-state index contributed by atoms with van der Waals surface area (Å²) in [4.78, 5) is 31.6. The number of Topliss-reactive ketones (excluding diaryl/α,β-unsaturated/α-hetero) is 2. The molecule has 0 radical (unpaired) electrons. The van der Waals surface area contributed by atoms with Crippen LogP contribution in [0.1, 0.15) is 40.2 Å². The summed E-state index contributed by atoms with van der Waals surface area (Å²) in [5.74, 6) is -2.03. The Hall–Kier alpha value is -3.19. The second kappa shape index (κ2) is 7.81. The van der Waals surface area contributed by atoms with Gasteiger partial charge >= 0.3 is 0 Å². The first-order valence-corrected chi connectivity index (χ1v) is 10.5. The molecule has 0 amide bonds. The van der Waals surface area contributed by atoms with E-state index in [2.05, 4.69) is 5.16 Å². The molecule has 4 rings (SSSR count). The lowest BCUT2D eigenvalue weighted by atomic mass is 9.94. The van der Waals surface area contributed by atoms with Gasteiger partial charge in [-0.1, -0.05) is 23.4 Å². The van der Waals surface area contributed by atoms with Gasteiger partial charge in [0.2, 0.25) is 5.78 Å². The van der Waals surface area contributed by atoms with Crippen molar-refractivity contribution in [3.63, 3.8) is 0 Å². The van der Waals surface area contributed by atoms with Crippen LogP contribution >= 0.6 is 11.3 Å². The number of carbonyl (C=O) groups excluding carboxylic acids is 2. The van der Waals surface area contributed by atoms with Crippen molar-refractivity contribution in [3.05, 3.63) is 81.7 Å². The molecule has 1 aliphatic heterocycles. The van der Waals surface area contributed by atoms with Crippen molar-refractivity contribution in [2.75, 3.05) is 0 Å². The number of hydrogen-bond acceptors (Lipinski definition) is 5. The van der Waals surface area contributed by atoms with E-state index in [1.807, 2.05) is 19.1 Å². The number of halogens is 2. The van der Waals surface area contributed by atoms with Gasteiger partial charge in [-0.2, -0.15) is 0 Å². The standard InChI is InChI=1S/C24H19F2NO3S/c1-13-7-8-14(22-23(29)24(2,3)30-27-22)11-15(13)20-9-10-21(31-20)19(28)12-16-17(25)5-4-6-18(16)26/h4-11H,12H2,1-3H3. The molecule has 7 heteroatoms. The zero-order valence-electron chi connectivity index (χ0n) is 17.2. The normalized spacial score (nSPS) is 15.0. The summed E-state index contributed by atoms with van der Waals surface area (Å²) in [6.45, 7) is 5.25. The van der Waals surface area contributed by atoms with E-state index >= 15 is 0 Å². The van der Waals surface area contributed by atoms with E-state index in [9.17, 15) is 18.4 Å². The van der Waals surface area contributed by atoms with Gasteiger partial charge in [-0.25, -0.2) is 8.78 Å². The van der Waals surface area contributed by atoms with Crippen molar-refractivity contribution in [1.82, 2.24) is 0 Å². The lowest BCUT2D eigenvalue weighted by molar-refractivity contribution is -0.128. The zero-order chi connectivity index (χ0) is 22.3. The summed E-state index contributed by atoms with van der Waals surface area (Å²) in [5.41, 5.74) is 1.46. The highest BCUT2D eigenvalue weighted by atomic mass is 32.1. The molecule has 2 heterocycles. The van der Waals surface area contributed by atoms with Crippen molar-refractivity contribution in [2.24, 2.45) is 5.16 Å². The minimum atomic E-state index is -0.995. The summed E-state index contributed by atoms with van der Waals surface area (Å²) in [7, 11) is 0. The number of thiophene rings is 1. The number of aryl methyl sites for hydroxylation is 1. The minimum absolute atomic E-state index is 0.198. The molecule has 0 saturated heterocycles. The van der Waals surface area contributed by atoms with Gasteiger partial charge in [0.25, 0.3) is 0 Å². The van der Waals surface area contributed by atoms with Crippen LogP contribution in [0.2, 0.25) is 0 Å². The Kier molecular flexibility index (Phi) is 5.31. The SMILES string of the molecule is Cc1ccc(C2=NOC(C)(C)C2=O)cc1-c1ccc(C(=O)Cc2c(F)cccc2F)s1. The van der Waals surface area contributed by atoms with Gasteiger partial charge in [0.1, 0.15) is 11.6 Å². The van der Waals surface area contributed by atoms with Gasteiger partial charge < -0.3 is 4.84 Å². The van der Waals surface area contributed by atoms with E-state index in [4.69, 9.17) is 4.84 Å². The van der Waals surface area contributed by atoms with E-state index in [0.29, 0.717) is 10.4 Å². The molecule has 0 atom stereocenters. The molecule has 31 heavy (non-hydrogen) atoms. The van der Waals surface area contributed by atoms with Gasteiger partial charge in [-0.05, 0) is 62.2 Å². The molecule has 1 aliphatic rings. The Labute approximate surface area is 182 Å². The molecule has 0 unspecified atom stereocenters. The van der Waals surface area contributed by atoms with Gasteiger partial charge in [-0.15, -0.1) is 11.3 Å². The first-order chi connectivity index (χ1) is 14.7. The molecule has 0 N–H and O–H groups in total. The lowest BCUT2D eigenvalue weighted by Gasteiger charge is -2.12. The number of ketones is 2. The predicted molar refractivity (Wildman–Crippen MR) is 116 cm³/mol. The van der Waals surface area contributed by atoms with Gasteiger partial charge in [0, 0.05) is 22.4 Å². The fraction of sp³-hybridized carbons (Fsp3) is 0.208. The third kappa shape index (κ3) is 3.93. The number of rotatable bonds is 5. The maximum Gasteiger partial charge on any atom is 0.230 e. The van der Waals surface area contributed by atoms with Crippen molar-refractivity contribution >= 4 is 28.6 Å². The van der Waals surface area contributed by atoms with E-state index < -0.39 is 17.2 Å². The fourth-order valence-corrected chi connectivity index (χ4v) is 4.35. The topological polar surface area (TPSA) is 55.7 Å². The lowest BCUT2D eigenvalue weighted by Crippen LogP contribution is -2.33. The van der Waals surface area contributed by atoms with Gasteiger partial charge in [0.15, 0.2) is 17.1 Å². The Morgan fingerprint density at radius 2 is 1.81 bits per heavy atom. The van der Waals surface area contributed by atoms with Crippen LogP contribution in [0.4, 0.5) is 8.78 Å². The second-order valence-electron chi connectivity index (χ2n) is 7.86. The smallest absolute Gasteiger partial charge is 0.230 e.